The van der Waals surface area contributed by atoms with Gasteiger partial charge in [0.05, 0.1) is 0 Å². The molecule has 0 saturated carbocycles. The van der Waals surface area contributed by atoms with E-state index in [2.05, 4.69) is 4.98 Å². The van der Waals surface area contributed by atoms with Gasteiger partial charge >= 0.3 is 6.18 Å². The van der Waals surface area contributed by atoms with Crippen molar-refractivity contribution >= 4 is 28.3 Å². The highest BCUT2D eigenvalue weighted by Gasteiger charge is 2.32. The lowest BCUT2D eigenvalue weighted by Crippen LogP contribution is -2.14. The van der Waals surface area contributed by atoms with Gasteiger partial charge in [-0.1, -0.05) is 11.6 Å². The van der Waals surface area contributed by atoms with Gasteiger partial charge in [0.15, 0.2) is 5.78 Å². The molecule has 0 aliphatic carbocycles. The van der Waals surface area contributed by atoms with Crippen molar-refractivity contribution < 1.29 is 18.0 Å². The van der Waals surface area contributed by atoms with Gasteiger partial charge in [0, 0.05) is 27.7 Å². The number of rotatable bonds is 2. The van der Waals surface area contributed by atoms with Crippen LogP contribution in [-0.4, -0.2) is 16.9 Å². The molecule has 0 aliphatic rings. The molecule has 17 heavy (non-hydrogen) atoms. The predicted octanol–water partition coefficient (Wildman–Crippen LogP) is 3.96. The van der Waals surface area contributed by atoms with E-state index in [1.165, 1.54) is 12.3 Å². The summed E-state index contributed by atoms with van der Waals surface area (Å²) in [5.41, 5.74) is 0.597. The molecule has 0 bridgehead atoms. The maximum absolute atomic E-state index is 12.1. The molecule has 2 nitrogen and oxygen atoms in total. The number of aromatic amines is 1. The summed E-state index contributed by atoms with van der Waals surface area (Å²) in [6.07, 6.45) is -4.69. The van der Waals surface area contributed by atoms with E-state index in [-0.39, 0.29) is 5.56 Å². The molecule has 0 radical (unpaired) electrons. The van der Waals surface area contributed by atoms with Crippen molar-refractivity contribution in [3.63, 3.8) is 0 Å². The van der Waals surface area contributed by atoms with Crippen molar-refractivity contribution in [3.05, 3.63) is 35.0 Å². The minimum Gasteiger partial charge on any atom is -0.360 e. The van der Waals surface area contributed by atoms with Crippen LogP contribution in [0.5, 0.6) is 0 Å². The SMILES string of the molecule is O=C(CC(F)(F)F)c1c[nH]c2ccc(Cl)cc12. The van der Waals surface area contributed by atoms with Crippen LogP contribution in [0.15, 0.2) is 24.4 Å². The molecule has 0 saturated heterocycles. The Kier molecular flexibility index (Phi) is 2.87. The topological polar surface area (TPSA) is 32.9 Å². The van der Waals surface area contributed by atoms with Gasteiger partial charge in [0.2, 0.25) is 0 Å². The third kappa shape index (κ3) is 2.61. The van der Waals surface area contributed by atoms with Crippen molar-refractivity contribution in [2.24, 2.45) is 0 Å². The molecule has 1 N–H and O–H groups in total. The lowest BCUT2D eigenvalue weighted by atomic mass is 10.1. The smallest absolute Gasteiger partial charge is 0.360 e. The van der Waals surface area contributed by atoms with E-state index in [9.17, 15) is 18.0 Å². The minimum absolute atomic E-state index is 0.0137. The monoisotopic (exact) mass is 261 g/mol. The molecular weight excluding hydrogens is 255 g/mol. The zero-order valence-corrected chi connectivity index (χ0v) is 9.19. The Balaban J connectivity index is 2.42. The lowest BCUT2D eigenvalue weighted by Gasteiger charge is -2.04. The van der Waals surface area contributed by atoms with E-state index in [4.69, 9.17) is 11.6 Å². The van der Waals surface area contributed by atoms with Crippen LogP contribution in [0.3, 0.4) is 0 Å². The Morgan fingerprint density at radius 3 is 2.71 bits per heavy atom. The van der Waals surface area contributed by atoms with Crippen molar-refractivity contribution in [1.29, 1.82) is 0 Å². The highest BCUT2D eigenvalue weighted by Crippen LogP contribution is 2.27. The van der Waals surface area contributed by atoms with Crippen molar-refractivity contribution in [2.75, 3.05) is 0 Å². The Bertz CT molecular complexity index is 574. The van der Waals surface area contributed by atoms with Gasteiger partial charge < -0.3 is 4.98 Å². The summed E-state index contributed by atoms with van der Waals surface area (Å²) in [4.78, 5) is 14.2. The number of nitrogens with one attached hydrogen (secondary N) is 1. The Hall–Kier alpha value is -1.49. The first-order valence-electron chi connectivity index (χ1n) is 4.73. The Morgan fingerprint density at radius 2 is 2.06 bits per heavy atom. The van der Waals surface area contributed by atoms with Crippen molar-refractivity contribution in [2.45, 2.75) is 12.6 Å². The number of halogens is 4. The zero-order chi connectivity index (χ0) is 12.6. The lowest BCUT2D eigenvalue weighted by molar-refractivity contribution is -0.125. The maximum atomic E-state index is 12.1. The number of carbonyl (C=O) groups excluding carboxylic acids is 1. The maximum Gasteiger partial charge on any atom is 0.396 e. The molecule has 2 rings (SSSR count). The second-order valence-corrected chi connectivity index (χ2v) is 4.04. The molecule has 0 spiro atoms. The zero-order valence-electron chi connectivity index (χ0n) is 8.44. The van der Waals surface area contributed by atoms with Gasteiger partial charge in [-0.2, -0.15) is 13.2 Å². The van der Waals surface area contributed by atoms with E-state index in [0.717, 1.165) is 0 Å². The molecule has 1 heterocycles. The molecule has 0 unspecified atom stereocenters. The van der Waals surface area contributed by atoms with Crippen LogP contribution in [0.2, 0.25) is 5.02 Å². The van der Waals surface area contributed by atoms with E-state index in [0.29, 0.717) is 15.9 Å². The number of ketones is 1. The molecule has 6 heteroatoms. The van der Waals surface area contributed by atoms with Gasteiger partial charge in [-0.15, -0.1) is 0 Å². The van der Waals surface area contributed by atoms with Crippen molar-refractivity contribution in [1.82, 2.24) is 4.98 Å². The van der Waals surface area contributed by atoms with Crippen LogP contribution in [-0.2, 0) is 0 Å². The van der Waals surface area contributed by atoms with E-state index >= 15 is 0 Å². The second-order valence-electron chi connectivity index (χ2n) is 3.61. The normalized spacial score (nSPS) is 12.0. The van der Waals surface area contributed by atoms with Crippen LogP contribution in [0, 0.1) is 0 Å². The Labute approximate surface area is 99.4 Å². The summed E-state index contributed by atoms with van der Waals surface area (Å²) >= 11 is 5.74. The number of benzene rings is 1. The average Bonchev–Trinajstić information content (AvgIpc) is 2.57. The summed E-state index contributed by atoms with van der Waals surface area (Å²) in [6.45, 7) is 0. The van der Waals surface area contributed by atoms with E-state index in [1.807, 2.05) is 0 Å². The predicted molar refractivity (Wildman–Crippen MR) is 58.3 cm³/mol. The molecule has 90 valence electrons. The van der Waals surface area contributed by atoms with Crippen LogP contribution in [0.25, 0.3) is 10.9 Å². The van der Waals surface area contributed by atoms with E-state index < -0.39 is 18.4 Å². The standard InChI is InChI=1S/C11H7ClF3NO/c12-6-1-2-9-7(3-6)8(5-16-9)10(17)4-11(13,14)15/h1-3,5,16H,4H2. The first kappa shape index (κ1) is 12.0. The van der Waals surface area contributed by atoms with Crippen molar-refractivity contribution in [3.8, 4) is 0 Å². The first-order chi connectivity index (χ1) is 7.87. The number of hydrogen-bond acceptors (Lipinski definition) is 1. The summed E-state index contributed by atoms with van der Waals surface area (Å²) < 4.78 is 36.4. The first-order valence-corrected chi connectivity index (χ1v) is 5.11. The van der Waals surface area contributed by atoms with Gasteiger partial charge in [-0.25, -0.2) is 0 Å². The number of H-pyrrole nitrogens is 1. The Morgan fingerprint density at radius 1 is 1.35 bits per heavy atom. The van der Waals surface area contributed by atoms with Gasteiger partial charge in [0.25, 0.3) is 0 Å². The number of alkyl halides is 3. The molecule has 1 aromatic carbocycles. The molecule has 0 amide bonds. The highest BCUT2D eigenvalue weighted by molar-refractivity contribution is 6.31. The molecule has 0 aliphatic heterocycles. The molecule has 0 atom stereocenters. The fourth-order valence-electron chi connectivity index (χ4n) is 1.60. The van der Waals surface area contributed by atoms with Gasteiger partial charge in [-0.3, -0.25) is 4.79 Å². The summed E-state index contributed by atoms with van der Waals surface area (Å²) in [7, 11) is 0. The molecule has 2 aromatic rings. The third-order valence-electron chi connectivity index (χ3n) is 2.31. The fraction of sp³-hybridized carbons (Fsp3) is 0.182. The van der Waals surface area contributed by atoms with Crippen LogP contribution in [0.1, 0.15) is 16.8 Å². The number of fused-ring (bicyclic) bond motifs is 1. The number of Topliss-reactive ketones (excluding diaryl/α,β-unsaturated/α-hetero) is 1. The summed E-state index contributed by atoms with van der Waals surface area (Å²) in [6, 6.07) is 4.68. The number of hydrogen-bond donors (Lipinski definition) is 1. The van der Waals surface area contributed by atoms with Gasteiger partial charge in [-0.05, 0) is 18.2 Å². The summed E-state index contributed by atoms with van der Waals surface area (Å²) in [5.74, 6) is -0.967. The number of aromatic nitrogens is 1. The van der Waals surface area contributed by atoms with Gasteiger partial charge in [0.1, 0.15) is 6.42 Å². The van der Waals surface area contributed by atoms with Crippen LogP contribution >= 0.6 is 11.6 Å². The number of carbonyl (C=O) groups is 1. The molecule has 1 aromatic heterocycles. The highest BCUT2D eigenvalue weighted by atomic mass is 35.5. The molecule has 0 fully saturated rings. The van der Waals surface area contributed by atoms with Crippen LogP contribution in [0.4, 0.5) is 13.2 Å². The average molecular weight is 262 g/mol. The largest absolute Gasteiger partial charge is 0.396 e. The molecular formula is C11H7ClF3NO. The summed E-state index contributed by atoms with van der Waals surface area (Å²) in [5, 5.41) is 0.782. The fourth-order valence-corrected chi connectivity index (χ4v) is 1.77. The van der Waals surface area contributed by atoms with E-state index in [1.54, 1.807) is 12.1 Å². The minimum atomic E-state index is -4.50. The third-order valence-corrected chi connectivity index (χ3v) is 2.54. The second kappa shape index (κ2) is 4.07. The van der Waals surface area contributed by atoms with Crippen LogP contribution < -0.4 is 0 Å². The quantitative estimate of drug-likeness (QED) is 0.816.